The van der Waals surface area contributed by atoms with Crippen LogP contribution in [-0.2, 0) is 25.6 Å². The van der Waals surface area contributed by atoms with Gasteiger partial charge in [-0.1, -0.05) is 0 Å². The van der Waals surface area contributed by atoms with Crippen LogP contribution >= 0.6 is 11.3 Å². The van der Waals surface area contributed by atoms with E-state index in [4.69, 9.17) is 15.2 Å². The van der Waals surface area contributed by atoms with Gasteiger partial charge in [0.05, 0.1) is 19.1 Å². The van der Waals surface area contributed by atoms with E-state index < -0.39 is 11.9 Å². The average molecular weight is 400 g/mol. The molecule has 1 aliphatic heterocycles. The third-order valence-electron chi connectivity index (χ3n) is 4.75. The SMILES string of the molecule is CCOC(=O)C1=C(N)OC2=C(C(=O)CCC2)C1c1cc(Cn2cncn2)cs1. The summed E-state index contributed by atoms with van der Waals surface area (Å²) in [5, 5.41) is 6.10. The fourth-order valence-electron chi connectivity index (χ4n) is 3.58. The zero-order valence-corrected chi connectivity index (χ0v) is 16.2. The van der Waals surface area contributed by atoms with Crippen molar-refractivity contribution < 1.29 is 19.1 Å². The van der Waals surface area contributed by atoms with Gasteiger partial charge >= 0.3 is 5.97 Å². The van der Waals surface area contributed by atoms with Gasteiger partial charge in [0.1, 0.15) is 24.0 Å². The van der Waals surface area contributed by atoms with Crippen LogP contribution in [0.4, 0.5) is 0 Å². The first-order valence-corrected chi connectivity index (χ1v) is 9.97. The molecule has 2 aliphatic rings. The van der Waals surface area contributed by atoms with Gasteiger partial charge in [0.25, 0.3) is 0 Å². The van der Waals surface area contributed by atoms with Gasteiger partial charge in [0, 0.05) is 23.3 Å². The molecule has 1 unspecified atom stereocenters. The number of ether oxygens (including phenoxy) is 2. The van der Waals surface area contributed by atoms with E-state index in [1.165, 1.54) is 17.7 Å². The number of Topliss-reactive ketones (excluding diaryl/α,β-unsaturated/α-hetero) is 1. The van der Waals surface area contributed by atoms with Gasteiger partial charge < -0.3 is 15.2 Å². The summed E-state index contributed by atoms with van der Waals surface area (Å²) in [6, 6.07) is 1.97. The number of nitrogens with two attached hydrogens (primary N) is 1. The molecule has 9 heteroatoms. The fraction of sp³-hybridized carbons (Fsp3) is 0.368. The summed E-state index contributed by atoms with van der Waals surface area (Å²) >= 11 is 1.48. The Balaban J connectivity index is 1.75. The number of carbonyl (C=O) groups is 2. The summed E-state index contributed by atoms with van der Waals surface area (Å²) in [7, 11) is 0. The van der Waals surface area contributed by atoms with E-state index in [-0.39, 0.29) is 23.8 Å². The molecular weight excluding hydrogens is 380 g/mol. The van der Waals surface area contributed by atoms with Gasteiger partial charge in [0.15, 0.2) is 5.78 Å². The summed E-state index contributed by atoms with van der Waals surface area (Å²) in [6.07, 6.45) is 4.90. The molecule has 1 atom stereocenters. The normalized spacial score (nSPS) is 19.5. The number of rotatable bonds is 5. The lowest BCUT2D eigenvalue weighted by Gasteiger charge is -2.31. The molecule has 2 aromatic rings. The lowest BCUT2D eigenvalue weighted by atomic mass is 9.80. The topological polar surface area (TPSA) is 109 Å². The summed E-state index contributed by atoms with van der Waals surface area (Å²) in [6.45, 7) is 2.49. The van der Waals surface area contributed by atoms with Crippen LogP contribution in [-0.4, -0.2) is 33.1 Å². The number of nitrogens with zero attached hydrogens (tertiary/aromatic N) is 3. The maximum absolute atomic E-state index is 12.7. The molecule has 28 heavy (non-hydrogen) atoms. The highest BCUT2D eigenvalue weighted by Crippen LogP contribution is 2.45. The van der Waals surface area contributed by atoms with Gasteiger partial charge in [-0.3, -0.25) is 4.79 Å². The fourth-order valence-corrected chi connectivity index (χ4v) is 4.60. The molecule has 0 amide bonds. The predicted octanol–water partition coefficient (Wildman–Crippen LogP) is 2.24. The van der Waals surface area contributed by atoms with Crippen molar-refractivity contribution in [2.24, 2.45) is 5.73 Å². The van der Waals surface area contributed by atoms with Gasteiger partial charge in [-0.05, 0) is 30.4 Å². The number of aromatic nitrogens is 3. The van der Waals surface area contributed by atoms with E-state index >= 15 is 0 Å². The van der Waals surface area contributed by atoms with Crippen molar-refractivity contribution in [3.05, 3.63) is 57.3 Å². The van der Waals surface area contributed by atoms with E-state index in [1.807, 2.05) is 11.4 Å². The number of ketones is 1. The summed E-state index contributed by atoms with van der Waals surface area (Å²) in [5.41, 5.74) is 7.83. The average Bonchev–Trinajstić information content (AvgIpc) is 3.33. The Morgan fingerprint density at radius 2 is 2.32 bits per heavy atom. The minimum atomic E-state index is -0.565. The molecule has 2 N–H and O–H groups in total. The number of carbonyl (C=O) groups excluding carboxylic acids is 2. The largest absolute Gasteiger partial charge is 0.462 e. The number of hydrogen-bond donors (Lipinski definition) is 1. The third kappa shape index (κ3) is 3.33. The second kappa shape index (κ2) is 7.59. The monoisotopic (exact) mass is 400 g/mol. The molecule has 0 spiro atoms. The summed E-state index contributed by atoms with van der Waals surface area (Å²) in [4.78, 5) is 30.2. The first kappa shape index (κ1) is 18.4. The van der Waals surface area contributed by atoms with E-state index in [1.54, 1.807) is 17.9 Å². The van der Waals surface area contributed by atoms with Gasteiger partial charge in [0.2, 0.25) is 5.88 Å². The lowest BCUT2D eigenvalue weighted by molar-refractivity contribution is -0.139. The molecule has 3 heterocycles. The highest BCUT2D eigenvalue weighted by molar-refractivity contribution is 7.10. The highest BCUT2D eigenvalue weighted by Gasteiger charge is 2.41. The van der Waals surface area contributed by atoms with Crippen molar-refractivity contribution in [2.75, 3.05) is 6.61 Å². The quantitative estimate of drug-likeness (QED) is 0.767. The van der Waals surface area contributed by atoms with Crippen LogP contribution in [0, 0.1) is 0 Å². The molecule has 0 saturated heterocycles. The van der Waals surface area contributed by atoms with Crippen molar-refractivity contribution in [3.63, 3.8) is 0 Å². The Kier molecular flexibility index (Phi) is 4.99. The van der Waals surface area contributed by atoms with E-state index in [0.717, 1.165) is 10.4 Å². The highest BCUT2D eigenvalue weighted by atomic mass is 32.1. The number of esters is 1. The zero-order valence-electron chi connectivity index (χ0n) is 15.4. The standard InChI is InChI=1S/C19H20N4O4S/c1-2-26-19(25)17-16(15-12(24)4-3-5-13(15)27-18(17)20)14-6-11(8-28-14)7-23-10-21-9-22-23/h6,8-10,16H,2-5,7,20H2,1H3. The van der Waals surface area contributed by atoms with Crippen LogP contribution < -0.4 is 5.73 Å². The minimum absolute atomic E-state index is 0.00762. The van der Waals surface area contributed by atoms with Crippen molar-refractivity contribution >= 4 is 23.1 Å². The van der Waals surface area contributed by atoms with E-state index in [0.29, 0.717) is 37.1 Å². The Morgan fingerprint density at radius 3 is 3.07 bits per heavy atom. The molecular formula is C19H20N4O4S. The van der Waals surface area contributed by atoms with E-state index in [9.17, 15) is 9.59 Å². The Bertz CT molecular complexity index is 974. The van der Waals surface area contributed by atoms with Gasteiger partial charge in [-0.2, -0.15) is 5.10 Å². The van der Waals surface area contributed by atoms with Crippen LogP contribution in [0.3, 0.4) is 0 Å². The number of allylic oxidation sites excluding steroid dienone is 2. The van der Waals surface area contributed by atoms with Crippen LogP contribution in [0.15, 0.2) is 46.9 Å². The Hall–Kier alpha value is -2.94. The van der Waals surface area contributed by atoms with Gasteiger partial charge in [-0.15, -0.1) is 11.3 Å². The van der Waals surface area contributed by atoms with Crippen LogP contribution in [0.5, 0.6) is 0 Å². The molecule has 1 aliphatic carbocycles. The third-order valence-corrected chi connectivity index (χ3v) is 5.80. The Morgan fingerprint density at radius 1 is 1.46 bits per heavy atom. The predicted molar refractivity (Wildman–Crippen MR) is 101 cm³/mol. The number of thiophene rings is 1. The van der Waals surface area contributed by atoms with Crippen molar-refractivity contribution in [1.82, 2.24) is 14.8 Å². The molecule has 0 fully saturated rings. The molecule has 0 saturated carbocycles. The molecule has 146 valence electrons. The van der Waals surface area contributed by atoms with Crippen LogP contribution in [0.25, 0.3) is 0 Å². The van der Waals surface area contributed by atoms with Crippen molar-refractivity contribution in [3.8, 4) is 0 Å². The minimum Gasteiger partial charge on any atom is -0.462 e. The summed E-state index contributed by atoms with van der Waals surface area (Å²) < 4.78 is 12.6. The number of hydrogen-bond acceptors (Lipinski definition) is 8. The van der Waals surface area contributed by atoms with Crippen molar-refractivity contribution in [1.29, 1.82) is 0 Å². The van der Waals surface area contributed by atoms with Crippen molar-refractivity contribution in [2.45, 2.75) is 38.6 Å². The second-order valence-electron chi connectivity index (χ2n) is 6.60. The molecule has 4 rings (SSSR count). The molecule has 0 aromatic carbocycles. The van der Waals surface area contributed by atoms with Gasteiger partial charge in [-0.25, -0.2) is 14.5 Å². The molecule has 2 aromatic heterocycles. The van der Waals surface area contributed by atoms with E-state index in [2.05, 4.69) is 10.1 Å². The Labute approximate surface area is 165 Å². The van der Waals surface area contributed by atoms with Crippen LogP contribution in [0.1, 0.15) is 42.5 Å². The summed E-state index contributed by atoms with van der Waals surface area (Å²) in [5.74, 6) is -0.542. The molecule has 0 bridgehead atoms. The lowest BCUT2D eigenvalue weighted by Crippen LogP contribution is -2.31. The van der Waals surface area contributed by atoms with Crippen LogP contribution in [0.2, 0.25) is 0 Å². The first-order valence-electron chi connectivity index (χ1n) is 9.09. The maximum Gasteiger partial charge on any atom is 0.340 e. The smallest absolute Gasteiger partial charge is 0.340 e. The zero-order chi connectivity index (χ0) is 19.7. The molecule has 8 nitrogen and oxygen atoms in total. The molecule has 0 radical (unpaired) electrons. The first-order chi connectivity index (χ1) is 13.6. The second-order valence-corrected chi connectivity index (χ2v) is 7.54. The maximum atomic E-state index is 12.7.